The van der Waals surface area contributed by atoms with E-state index >= 15 is 0 Å². The lowest BCUT2D eigenvalue weighted by molar-refractivity contribution is 0.0209. The fourth-order valence-electron chi connectivity index (χ4n) is 2.90. The molecule has 0 unspecified atom stereocenters. The van der Waals surface area contributed by atoms with Crippen molar-refractivity contribution in [2.75, 3.05) is 26.2 Å². The van der Waals surface area contributed by atoms with Crippen molar-refractivity contribution in [1.82, 2.24) is 4.31 Å². The Morgan fingerprint density at radius 1 is 1.26 bits per heavy atom. The molecule has 1 aliphatic rings. The minimum absolute atomic E-state index is 0.147. The topological polar surface area (TPSA) is 72.6 Å². The molecule has 0 amide bonds. The Bertz CT molecular complexity index is 594. The average Bonchev–Trinajstić information content (AvgIpc) is 2.55. The fraction of sp³-hybridized carbons (Fsp3) is 0.647. The number of hydrogen-bond donors (Lipinski definition) is 1. The van der Waals surface area contributed by atoms with Gasteiger partial charge in [0.15, 0.2) is 0 Å². The summed E-state index contributed by atoms with van der Waals surface area (Å²) in [6.45, 7) is 6.35. The van der Waals surface area contributed by atoms with Crippen LogP contribution in [0.1, 0.15) is 44.6 Å². The summed E-state index contributed by atoms with van der Waals surface area (Å²) < 4.78 is 33.2. The summed E-state index contributed by atoms with van der Waals surface area (Å²) in [5, 5.41) is 0. The van der Waals surface area contributed by atoms with Crippen LogP contribution in [0.3, 0.4) is 0 Å². The Morgan fingerprint density at radius 3 is 2.52 bits per heavy atom. The number of benzene rings is 1. The zero-order valence-corrected chi connectivity index (χ0v) is 14.9. The number of rotatable bonds is 7. The molecule has 0 bridgehead atoms. The van der Waals surface area contributed by atoms with E-state index in [2.05, 4.69) is 0 Å². The molecule has 0 radical (unpaired) electrons. The van der Waals surface area contributed by atoms with Gasteiger partial charge in [0.1, 0.15) is 0 Å². The molecule has 0 atom stereocenters. The first-order valence-corrected chi connectivity index (χ1v) is 9.81. The summed E-state index contributed by atoms with van der Waals surface area (Å²) in [7, 11) is -3.43. The van der Waals surface area contributed by atoms with E-state index < -0.39 is 10.0 Å². The van der Waals surface area contributed by atoms with E-state index in [0.29, 0.717) is 31.1 Å². The van der Waals surface area contributed by atoms with E-state index in [9.17, 15) is 8.42 Å². The molecule has 1 fully saturated rings. The Morgan fingerprint density at radius 2 is 1.91 bits per heavy atom. The summed E-state index contributed by atoms with van der Waals surface area (Å²) in [4.78, 5) is 0.442. The Labute approximate surface area is 139 Å². The van der Waals surface area contributed by atoms with Gasteiger partial charge in [0.25, 0.3) is 0 Å². The highest BCUT2D eigenvalue weighted by Crippen LogP contribution is 2.28. The van der Waals surface area contributed by atoms with Gasteiger partial charge in [-0.2, -0.15) is 4.31 Å². The number of ether oxygens (including phenoxy) is 1. The van der Waals surface area contributed by atoms with Crippen LogP contribution in [-0.4, -0.2) is 45.1 Å². The molecule has 0 spiro atoms. The fourth-order valence-corrected chi connectivity index (χ4v) is 4.73. The normalized spacial score (nSPS) is 17.7. The van der Waals surface area contributed by atoms with Crippen molar-refractivity contribution in [3.8, 4) is 0 Å². The molecule has 1 saturated heterocycles. The van der Waals surface area contributed by atoms with Crippen molar-refractivity contribution < 1.29 is 13.2 Å². The molecule has 1 aromatic rings. The predicted octanol–water partition coefficient (Wildman–Crippen LogP) is 2.33. The first-order chi connectivity index (χ1) is 11.0. The molecule has 1 heterocycles. The molecule has 2 rings (SSSR count). The van der Waals surface area contributed by atoms with E-state index in [1.165, 1.54) is 0 Å². The lowest BCUT2D eigenvalue weighted by Gasteiger charge is -2.32. The van der Waals surface area contributed by atoms with Crippen LogP contribution >= 0.6 is 0 Å². The van der Waals surface area contributed by atoms with Crippen molar-refractivity contribution >= 4 is 10.0 Å². The third kappa shape index (κ3) is 4.53. The molecular formula is C17H28N2O3S. The molecule has 5 nitrogen and oxygen atoms in total. The molecule has 0 saturated carbocycles. The number of sulfonamides is 1. The molecule has 23 heavy (non-hydrogen) atoms. The minimum atomic E-state index is -3.43. The number of nitrogens with zero attached hydrogens (tertiary/aromatic N) is 1. The maximum Gasteiger partial charge on any atom is 0.243 e. The van der Waals surface area contributed by atoms with Gasteiger partial charge in [-0.05, 0) is 43.4 Å². The Hall–Kier alpha value is -0.950. The van der Waals surface area contributed by atoms with Crippen LogP contribution in [0, 0.1) is 0 Å². The summed E-state index contributed by atoms with van der Waals surface area (Å²) in [6.07, 6.45) is 2.48. The quantitative estimate of drug-likeness (QED) is 0.773. The second kappa shape index (κ2) is 8.24. The molecule has 130 valence electrons. The zero-order chi connectivity index (χ0) is 16.9. The molecular weight excluding hydrogens is 312 g/mol. The number of nitrogens with two attached hydrogens (primary N) is 1. The van der Waals surface area contributed by atoms with Crippen LogP contribution in [-0.2, 0) is 14.8 Å². The first kappa shape index (κ1) is 18.4. The van der Waals surface area contributed by atoms with Gasteiger partial charge >= 0.3 is 0 Å². The third-order valence-corrected chi connectivity index (χ3v) is 6.23. The van der Waals surface area contributed by atoms with Crippen molar-refractivity contribution in [3.63, 3.8) is 0 Å². The molecule has 6 heteroatoms. The molecule has 0 aromatic heterocycles. The lowest BCUT2D eigenvalue weighted by atomic mass is 10.0. The average molecular weight is 340 g/mol. The van der Waals surface area contributed by atoms with Gasteiger partial charge in [-0.3, -0.25) is 0 Å². The molecule has 2 N–H and O–H groups in total. The number of hydrogen-bond acceptors (Lipinski definition) is 4. The van der Waals surface area contributed by atoms with Crippen LogP contribution < -0.4 is 5.73 Å². The van der Waals surface area contributed by atoms with E-state index in [0.717, 1.165) is 24.8 Å². The van der Waals surface area contributed by atoms with E-state index in [4.69, 9.17) is 10.5 Å². The molecule has 1 aliphatic heterocycles. The monoisotopic (exact) mass is 340 g/mol. The van der Waals surface area contributed by atoms with Crippen molar-refractivity contribution in [1.29, 1.82) is 0 Å². The largest absolute Gasteiger partial charge is 0.378 e. The Kier molecular flexibility index (Phi) is 6.59. The van der Waals surface area contributed by atoms with Crippen molar-refractivity contribution in [3.05, 3.63) is 29.8 Å². The highest BCUT2D eigenvalue weighted by atomic mass is 32.2. The van der Waals surface area contributed by atoms with Gasteiger partial charge in [-0.25, -0.2) is 8.42 Å². The molecule has 0 aliphatic carbocycles. The van der Waals surface area contributed by atoms with Crippen LogP contribution in [0.5, 0.6) is 0 Å². The summed E-state index contributed by atoms with van der Waals surface area (Å²) in [5.74, 6) is 0.179. The van der Waals surface area contributed by atoms with Gasteiger partial charge in [0.2, 0.25) is 10.0 Å². The highest BCUT2D eigenvalue weighted by molar-refractivity contribution is 7.89. The second-order valence-electron chi connectivity index (χ2n) is 6.31. The number of piperidine rings is 1. The van der Waals surface area contributed by atoms with Gasteiger partial charge in [0.05, 0.1) is 11.0 Å². The minimum Gasteiger partial charge on any atom is -0.378 e. The third-order valence-electron chi connectivity index (χ3n) is 4.26. The van der Waals surface area contributed by atoms with E-state index in [1.807, 2.05) is 26.0 Å². The summed E-state index contributed by atoms with van der Waals surface area (Å²) in [5.41, 5.74) is 6.34. The maximum atomic E-state index is 12.9. The van der Waals surface area contributed by atoms with E-state index in [1.54, 1.807) is 16.4 Å². The first-order valence-electron chi connectivity index (χ1n) is 8.37. The SMILES string of the molecule is CC(C)c1ccccc1S(=O)(=O)N1CCC(OCCCN)CC1. The lowest BCUT2D eigenvalue weighted by Crippen LogP contribution is -2.41. The van der Waals surface area contributed by atoms with Gasteiger partial charge in [-0.15, -0.1) is 0 Å². The highest BCUT2D eigenvalue weighted by Gasteiger charge is 2.31. The van der Waals surface area contributed by atoms with Gasteiger partial charge in [-0.1, -0.05) is 32.0 Å². The molecule has 1 aromatic carbocycles. The van der Waals surface area contributed by atoms with Crippen LogP contribution in [0.15, 0.2) is 29.2 Å². The van der Waals surface area contributed by atoms with E-state index in [-0.39, 0.29) is 12.0 Å². The van der Waals surface area contributed by atoms with Crippen LogP contribution in [0.4, 0.5) is 0 Å². The Balaban J connectivity index is 2.05. The summed E-state index contributed by atoms with van der Waals surface area (Å²) >= 11 is 0. The predicted molar refractivity (Wildman–Crippen MR) is 91.9 cm³/mol. The van der Waals surface area contributed by atoms with Crippen LogP contribution in [0.25, 0.3) is 0 Å². The van der Waals surface area contributed by atoms with Gasteiger partial charge < -0.3 is 10.5 Å². The zero-order valence-electron chi connectivity index (χ0n) is 14.1. The smallest absolute Gasteiger partial charge is 0.243 e. The van der Waals surface area contributed by atoms with Crippen molar-refractivity contribution in [2.45, 2.75) is 50.0 Å². The maximum absolute atomic E-state index is 12.9. The van der Waals surface area contributed by atoms with Crippen LogP contribution in [0.2, 0.25) is 0 Å². The summed E-state index contributed by atoms with van der Waals surface area (Å²) in [6, 6.07) is 7.31. The second-order valence-corrected chi connectivity index (χ2v) is 8.22. The standard InChI is InChI=1S/C17H28N2O3S/c1-14(2)16-6-3-4-7-17(16)23(20,21)19-11-8-15(9-12-19)22-13-5-10-18/h3-4,6-7,14-15H,5,8-13,18H2,1-2H3. The van der Waals surface area contributed by atoms with Crippen molar-refractivity contribution in [2.24, 2.45) is 5.73 Å². The van der Waals surface area contributed by atoms with Gasteiger partial charge in [0, 0.05) is 19.7 Å².